The first-order valence-electron chi connectivity index (χ1n) is 9.49. The Labute approximate surface area is 162 Å². The van der Waals surface area contributed by atoms with E-state index < -0.39 is 5.97 Å². The molecule has 1 saturated heterocycles. The molecule has 0 radical (unpaired) electrons. The number of aromatic nitrogens is 2. The maximum atomic E-state index is 11.3. The Morgan fingerprint density at radius 2 is 2.07 bits per heavy atom. The first-order valence-corrected chi connectivity index (χ1v) is 10.3. The third kappa shape index (κ3) is 3.30. The molecule has 0 amide bonds. The quantitative estimate of drug-likeness (QED) is 0.716. The average Bonchev–Trinajstić information content (AvgIpc) is 3.07. The van der Waals surface area contributed by atoms with E-state index >= 15 is 0 Å². The number of nitrogens with one attached hydrogen (secondary N) is 1. The van der Waals surface area contributed by atoms with Gasteiger partial charge in [0.1, 0.15) is 5.03 Å². The molecule has 5 rings (SSSR count). The Bertz CT molecular complexity index is 890. The fraction of sp³-hybridized carbons (Fsp3) is 0.450. The van der Waals surface area contributed by atoms with E-state index in [1.807, 2.05) is 0 Å². The lowest BCUT2D eigenvalue weighted by atomic mass is 9.76. The maximum Gasteiger partial charge on any atom is 0.306 e. The van der Waals surface area contributed by atoms with Crippen molar-refractivity contribution in [3.8, 4) is 0 Å². The molecule has 1 aromatic heterocycles. The Balaban J connectivity index is 1.27. The topological polar surface area (TPSA) is 78.4 Å². The van der Waals surface area contributed by atoms with Gasteiger partial charge in [0.2, 0.25) is 0 Å². The van der Waals surface area contributed by atoms with Crippen molar-refractivity contribution in [2.45, 2.75) is 35.7 Å². The Hall–Kier alpha value is -2.12. The SMILES string of the molecule is O=C(O)C1CCC2CN(Cc3ccc4c(c3)Nc3nccnc3S4)CC2C1. The number of benzene rings is 1. The van der Waals surface area contributed by atoms with Crippen LogP contribution in [0.1, 0.15) is 24.8 Å². The van der Waals surface area contributed by atoms with E-state index in [-0.39, 0.29) is 5.92 Å². The van der Waals surface area contributed by atoms with Gasteiger partial charge < -0.3 is 10.4 Å². The van der Waals surface area contributed by atoms with Crippen LogP contribution < -0.4 is 5.32 Å². The van der Waals surface area contributed by atoms with Crippen LogP contribution in [0.2, 0.25) is 0 Å². The summed E-state index contributed by atoms with van der Waals surface area (Å²) in [6.45, 7) is 3.02. The molecule has 140 valence electrons. The van der Waals surface area contributed by atoms with Crippen LogP contribution in [0.25, 0.3) is 0 Å². The van der Waals surface area contributed by atoms with E-state index in [9.17, 15) is 9.90 Å². The van der Waals surface area contributed by atoms with E-state index in [1.165, 1.54) is 10.5 Å². The normalized spacial score (nSPS) is 26.6. The number of carboxylic acid groups (broad SMARTS) is 1. The summed E-state index contributed by atoms with van der Waals surface area (Å²) < 4.78 is 0. The summed E-state index contributed by atoms with van der Waals surface area (Å²) in [7, 11) is 0. The highest BCUT2D eigenvalue weighted by molar-refractivity contribution is 7.99. The number of carbonyl (C=O) groups is 1. The molecule has 3 unspecified atom stereocenters. The van der Waals surface area contributed by atoms with Gasteiger partial charge in [0.05, 0.1) is 11.6 Å². The summed E-state index contributed by atoms with van der Waals surface area (Å²) in [4.78, 5) is 23.7. The molecule has 0 bridgehead atoms. The van der Waals surface area contributed by atoms with Crippen LogP contribution in [0, 0.1) is 17.8 Å². The lowest BCUT2D eigenvalue weighted by Gasteiger charge is -2.28. The number of hydrogen-bond acceptors (Lipinski definition) is 6. The van der Waals surface area contributed by atoms with Crippen LogP contribution in [-0.2, 0) is 11.3 Å². The van der Waals surface area contributed by atoms with E-state index in [0.717, 1.165) is 55.4 Å². The van der Waals surface area contributed by atoms with Crippen molar-refractivity contribution in [2.75, 3.05) is 18.4 Å². The van der Waals surface area contributed by atoms with Crippen LogP contribution in [0.5, 0.6) is 0 Å². The van der Waals surface area contributed by atoms with Gasteiger partial charge in [-0.1, -0.05) is 17.8 Å². The fourth-order valence-electron chi connectivity index (χ4n) is 4.72. The number of nitrogens with zero attached hydrogens (tertiary/aromatic N) is 3. The number of rotatable bonds is 3. The second-order valence-corrected chi connectivity index (χ2v) is 8.86. The summed E-state index contributed by atoms with van der Waals surface area (Å²) in [5, 5.41) is 13.6. The Morgan fingerprint density at radius 1 is 1.22 bits per heavy atom. The predicted molar refractivity (Wildman–Crippen MR) is 103 cm³/mol. The molecular formula is C20H22N4O2S. The van der Waals surface area contributed by atoms with Crippen LogP contribution >= 0.6 is 11.8 Å². The van der Waals surface area contributed by atoms with Gasteiger partial charge in [-0.05, 0) is 48.8 Å². The average molecular weight is 382 g/mol. The molecular weight excluding hydrogens is 360 g/mol. The van der Waals surface area contributed by atoms with Crippen molar-refractivity contribution in [1.29, 1.82) is 0 Å². The predicted octanol–water partition coefficient (Wildman–Crippen LogP) is 3.62. The van der Waals surface area contributed by atoms with Crippen LogP contribution in [0.4, 0.5) is 11.5 Å². The van der Waals surface area contributed by atoms with Gasteiger partial charge in [-0.2, -0.15) is 0 Å². The minimum Gasteiger partial charge on any atom is -0.481 e. The second kappa shape index (κ2) is 6.80. The van der Waals surface area contributed by atoms with Crippen molar-refractivity contribution >= 4 is 29.2 Å². The van der Waals surface area contributed by atoms with Crippen molar-refractivity contribution in [1.82, 2.24) is 14.9 Å². The minimum absolute atomic E-state index is 0.141. The van der Waals surface area contributed by atoms with Gasteiger partial charge in [0, 0.05) is 36.9 Å². The van der Waals surface area contributed by atoms with Gasteiger partial charge in [0.15, 0.2) is 5.82 Å². The monoisotopic (exact) mass is 382 g/mol. The molecule has 1 aromatic carbocycles. The second-order valence-electron chi connectivity index (χ2n) is 7.83. The lowest BCUT2D eigenvalue weighted by Crippen LogP contribution is -2.28. The van der Waals surface area contributed by atoms with Gasteiger partial charge in [0.25, 0.3) is 0 Å². The molecule has 3 aliphatic rings. The molecule has 0 spiro atoms. The lowest BCUT2D eigenvalue weighted by molar-refractivity contribution is -0.143. The zero-order valence-electron chi connectivity index (χ0n) is 15.0. The van der Waals surface area contributed by atoms with E-state index in [1.54, 1.807) is 24.2 Å². The van der Waals surface area contributed by atoms with Crippen molar-refractivity contribution in [3.05, 3.63) is 36.2 Å². The molecule has 2 N–H and O–H groups in total. The summed E-state index contributed by atoms with van der Waals surface area (Å²) >= 11 is 1.65. The number of carboxylic acids is 1. The minimum atomic E-state index is -0.617. The van der Waals surface area contributed by atoms with Crippen LogP contribution in [-0.4, -0.2) is 39.0 Å². The van der Waals surface area contributed by atoms with Gasteiger partial charge in [-0.15, -0.1) is 0 Å². The highest BCUT2D eigenvalue weighted by Crippen LogP contribution is 2.43. The van der Waals surface area contributed by atoms with Crippen molar-refractivity contribution < 1.29 is 9.90 Å². The third-order valence-electron chi connectivity index (χ3n) is 6.05. The number of likely N-dealkylation sites (tertiary alicyclic amines) is 1. The summed E-state index contributed by atoms with van der Waals surface area (Å²) in [5.41, 5.74) is 2.37. The zero-order valence-corrected chi connectivity index (χ0v) is 15.8. The molecule has 3 heterocycles. The molecule has 1 saturated carbocycles. The van der Waals surface area contributed by atoms with Crippen LogP contribution in [0.15, 0.2) is 40.5 Å². The molecule has 27 heavy (non-hydrogen) atoms. The van der Waals surface area contributed by atoms with Gasteiger partial charge in [-0.3, -0.25) is 9.69 Å². The van der Waals surface area contributed by atoms with Crippen molar-refractivity contribution in [2.24, 2.45) is 17.8 Å². The first kappa shape index (κ1) is 17.0. The molecule has 6 nitrogen and oxygen atoms in total. The summed E-state index contributed by atoms with van der Waals surface area (Å²) in [5.74, 6) is 1.26. The Morgan fingerprint density at radius 3 is 2.96 bits per heavy atom. The van der Waals surface area contributed by atoms with Gasteiger partial charge >= 0.3 is 5.97 Å². The number of aliphatic carboxylic acids is 1. The summed E-state index contributed by atoms with van der Waals surface area (Å²) in [6.07, 6.45) is 6.15. The number of anilines is 2. The fourth-order valence-corrected chi connectivity index (χ4v) is 5.60. The van der Waals surface area contributed by atoms with Crippen molar-refractivity contribution in [3.63, 3.8) is 0 Å². The molecule has 2 aromatic rings. The van der Waals surface area contributed by atoms with E-state index in [4.69, 9.17) is 0 Å². The first-order chi connectivity index (χ1) is 13.2. The number of hydrogen-bond donors (Lipinski definition) is 2. The third-order valence-corrected chi connectivity index (χ3v) is 7.12. The van der Waals surface area contributed by atoms with Crippen LogP contribution in [0.3, 0.4) is 0 Å². The zero-order chi connectivity index (χ0) is 18.4. The highest BCUT2D eigenvalue weighted by Gasteiger charge is 2.39. The summed E-state index contributed by atoms with van der Waals surface area (Å²) in [6, 6.07) is 6.56. The maximum absolute atomic E-state index is 11.3. The van der Waals surface area contributed by atoms with E-state index in [0.29, 0.717) is 11.8 Å². The van der Waals surface area contributed by atoms with Gasteiger partial charge in [-0.25, -0.2) is 9.97 Å². The molecule has 7 heteroatoms. The highest BCUT2D eigenvalue weighted by atomic mass is 32.2. The number of fused-ring (bicyclic) bond motifs is 3. The molecule has 2 fully saturated rings. The largest absolute Gasteiger partial charge is 0.481 e. The molecule has 3 atom stereocenters. The molecule has 2 aliphatic heterocycles. The van der Waals surface area contributed by atoms with E-state index in [2.05, 4.69) is 38.4 Å². The standard InChI is InChI=1S/C20H22N4O2S/c25-20(26)13-2-3-14-10-24(11-15(14)8-13)9-12-1-4-17-16(7-12)23-18-19(27-17)22-6-5-21-18/h1,4-7,13-15H,2-3,8-11H2,(H,21,23)(H,25,26). The smallest absolute Gasteiger partial charge is 0.306 e. The Kier molecular flexibility index (Phi) is 4.28. The molecule has 1 aliphatic carbocycles.